The molecule has 1 aromatic heterocycles. The van der Waals surface area contributed by atoms with Gasteiger partial charge in [0.05, 0.1) is 0 Å². The molecular weight excluding hydrogens is 322 g/mol. The van der Waals surface area contributed by atoms with Crippen LogP contribution in [0.2, 0.25) is 0 Å². The van der Waals surface area contributed by atoms with E-state index in [1.807, 2.05) is 25.1 Å². The molecule has 2 heterocycles. The van der Waals surface area contributed by atoms with Crippen LogP contribution >= 0.6 is 0 Å². The summed E-state index contributed by atoms with van der Waals surface area (Å²) in [5.74, 6) is 1.16. The van der Waals surface area contributed by atoms with E-state index in [2.05, 4.69) is 52.4 Å². The lowest BCUT2D eigenvalue weighted by Crippen LogP contribution is -2.32. The number of aromatic nitrogens is 2. The van der Waals surface area contributed by atoms with Gasteiger partial charge in [-0.2, -0.15) is 0 Å². The Morgan fingerprint density at radius 2 is 1.58 bits per heavy atom. The standard InChI is InChI=1S/C22H25N3O/c1-16(25-14-6-3-7-15-25)18-10-12-19(13-11-18)20-8-4-5-9-21(20)22-24-23-17(2)26-22/h4-5,8-13,16H,3,6-7,14-15H2,1-2H3/t16-/m0/s1. The van der Waals surface area contributed by atoms with Crippen molar-refractivity contribution in [2.45, 2.75) is 39.2 Å². The molecule has 1 aliphatic rings. The van der Waals surface area contributed by atoms with Crippen LogP contribution in [-0.2, 0) is 0 Å². The largest absolute Gasteiger partial charge is 0.421 e. The van der Waals surface area contributed by atoms with Crippen LogP contribution in [0.1, 0.15) is 43.7 Å². The third-order valence-corrected chi connectivity index (χ3v) is 5.33. The van der Waals surface area contributed by atoms with Crippen molar-refractivity contribution >= 4 is 0 Å². The SMILES string of the molecule is Cc1nnc(-c2ccccc2-c2ccc([C@H](C)N3CCCCC3)cc2)o1. The van der Waals surface area contributed by atoms with Crippen LogP contribution < -0.4 is 0 Å². The third kappa shape index (κ3) is 3.42. The molecule has 4 nitrogen and oxygen atoms in total. The molecular formula is C22H25N3O. The average Bonchev–Trinajstić information content (AvgIpc) is 3.14. The molecule has 4 heteroatoms. The van der Waals surface area contributed by atoms with E-state index in [0.717, 1.165) is 11.1 Å². The highest BCUT2D eigenvalue weighted by Gasteiger charge is 2.18. The molecule has 0 unspecified atom stereocenters. The van der Waals surface area contributed by atoms with Gasteiger partial charge in [-0.05, 0) is 55.6 Å². The van der Waals surface area contributed by atoms with E-state index >= 15 is 0 Å². The van der Waals surface area contributed by atoms with Gasteiger partial charge in [-0.15, -0.1) is 10.2 Å². The molecule has 1 fully saturated rings. The molecule has 0 aliphatic carbocycles. The maximum absolute atomic E-state index is 5.64. The summed E-state index contributed by atoms with van der Waals surface area (Å²) in [6.45, 7) is 6.55. The van der Waals surface area contributed by atoms with E-state index < -0.39 is 0 Å². The maximum atomic E-state index is 5.64. The fourth-order valence-electron chi connectivity index (χ4n) is 3.78. The van der Waals surface area contributed by atoms with Gasteiger partial charge in [0.1, 0.15) is 0 Å². The molecule has 0 N–H and O–H groups in total. The van der Waals surface area contributed by atoms with Crippen molar-refractivity contribution in [1.29, 1.82) is 0 Å². The molecule has 2 aromatic carbocycles. The number of likely N-dealkylation sites (tertiary alicyclic amines) is 1. The van der Waals surface area contributed by atoms with Gasteiger partial charge in [0, 0.05) is 18.5 Å². The first-order valence-corrected chi connectivity index (χ1v) is 9.46. The highest BCUT2D eigenvalue weighted by atomic mass is 16.4. The minimum absolute atomic E-state index is 0.471. The number of aryl methyl sites for hydroxylation is 1. The number of hydrogen-bond acceptors (Lipinski definition) is 4. The van der Waals surface area contributed by atoms with Crippen molar-refractivity contribution in [3.8, 4) is 22.6 Å². The van der Waals surface area contributed by atoms with Gasteiger partial charge in [-0.1, -0.05) is 48.9 Å². The Balaban J connectivity index is 1.61. The summed E-state index contributed by atoms with van der Waals surface area (Å²) in [6.07, 6.45) is 4.01. The normalized spacial score (nSPS) is 16.5. The molecule has 134 valence electrons. The summed E-state index contributed by atoms with van der Waals surface area (Å²) in [7, 11) is 0. The molecule has 26 heavy (non-hydrogen) atoms. The summed E-state index contributed by atoms with van der Waals surface area (Å²) in [4.78, 5) is 2.59. The second kappa shape index (κ2) is 7.42. The van der Waals surface area contributed by atoms with Gasteiger partial charge in [0.25, 0.3) is 0 Å². The van der Waals surface area contributed by atoms with Crippen molar-refractivity contribution in [2.24, 2.45) is 0 Å². The summed E-state index contributed by atoms with van der Waals surface area (Å²) in [5.41, 5.74) is 4.64. The van der Waals surface area contributed by atoms with Gasteiger partial charge in [0.2, 0.25) is 11.8 Å². The molecule has 4 rings (SSSR count). The van der Waals surface area contributed by atoms with E-state index in [-0.39, 0.29) is 0 Å². The molecule has 1 atom stereocenters. The number of benzene rings is 2. The molecule has 1 saturated heterocycles. The van der Waals surface area contributed by atoms with Crippen molar-refractivity contribution in [2.75, 3.05) is 13.1 Å². The highest BCUT2D eigenvalue weighted by molar-refractivity contribution is 5.79. The Morgan fingerprint density at radius 1 is 0.885 bits per heavy atom. The van der Waals surface area contributed by atoms with Crippen molar-refractivity contribution in [3.63, 3.8) is 0 Å². The predicted molar refractivity (Wildman–Crippen MR) is 104 cm³/mol. The fourth-order valence-corrected chi connectivity index (χ4v) is 3.78. The lowest BCUT2D eigenvalue weighted by atomic mass is 9.96. The highest BCUT2D eigenvalue weighted by Crippen LogP contribution is 2.32. The molecule has 0 saturated carbocycles. The van der Waals surface area contributed by atoms with Crippen LogP contribution in [0, 0.1) is 6.92 Å². The molecule has 1 aliphatic heterocycles. The first-order chi connectivity index (χ1) is 12.7. The van der Waals surface area contributed by atoms with Gasteiger partial charge in [-0.25, -0.2) is 0 Å². The van der Waals surface area contributed by atoms with Crippen molar-refractivity contribution in [3.05, 3.63) is 60.0 Å². The average molecular weight is 347 g/mol. The monoisotopic (exact) mass is 347 g/mol. The minimum atomic E-state index is 0.471. The van der Waals surface area contributed by atoms with Gasteiger partial charge >= 0.3 is 0 Å². The molecule has 0 bridgehead atoms. The van der Waals surface area contributed by atoms with Crippen LogP contribution in [0.3, 0.4) is 0 Å². The van der Waals surface area contributed by atoms with Crippen LogP contribution in [-0.4, -0.2) is 28.2 Å². The second-order valence-corrected chi connectivity index (χ2v) is 7.07. The number of piperidine rings is 1. The molecule has 0 amide bonds. The number of rotatable bonds is 4. The molecule has 0 spiro atoms. The first kappa shape index (κ1) is 17.0. The zero-order chi connectivity index (χ0) is 17.9. The van der Waals surface area contributed by atoms with Crippen LogP contribution in [0.5, 0.6) is 0 Å². The van der Waals surface area contributed by atoms with Crippen LogP contribution in [0.4, 0.5) is 0 Å². The summed E-state index contributed by atoms with van der Waals surface area (Å²) >= 11 is 0. The zero-order valence-electron chi connectivity index (χ0n) is 15.5. The van der Waals surface area contributed by atoms with Crippen molar-refractivity contribution < 1.29 is 4.42 Å². The molecule has 3 aromatic rings. The first-order valence-electron chi connectivity index (χ1n) is 9.46. The van der Waals surface area contributed by atoms with Crippen LogP contribution in [0.25, 0.3) is 22.6 Å². The summed E-state index contributed by atoms with van der Waals surface area (Å²) in [5, 5.41) is 8.15. The quantitative estimate of drug-likeness (QED) is 0.646. The van der Waals surface area contributed by atoms with Gasteiger partial charge in [0.15, 0.2) is 0 Å². The lowest BCUT2D eigenvalue weighted by Gasteiger charge is -2.32. The summed E-state index contributed by atoms with van der Waals surface area (Å²) < 4.78 is 5.64. The lowest BCUT2D eigenvalue weighted by molar-refractivity contribution is 0.175. The van der Waals surface area contributed by atoms with Gasteiger partial charge in [-0.3, -0.25) is 4.90 Å². The van der Waals surface area contributed by atoms with Crippen LogP contribution in [0.15, 0.2) is 52.9 Å². The van der Waals surface area contributed by atoms with E-state index in [1.54, 1.807) is 0 Å². The maximum Gasteiger partial charge on any atom is 0.248 e. The minimum Gasteiger partial charge on any atom is -0.421 e. The number of hydrogen-bond donors (Lipinski definition) is 0. The zero-order valence-corrected chi connectivity index (χ0v) is 15.5. The third-order valence-electron chi connectivity index (χ3n) is 5.33. The van der Waals surface area contributed by atoms with E-state index in [4.69, 9.17) is 4.42 Å². The van der Waals surface area contributed by atoms with E-state index in [1.165, 1.54) is 43.5 Å². The Labute approximate surface area is 154 Å². The fraction of sp³-hybridized carbons (Fsp3) is 0.364. The Bertz CT molecular complexity index is 863. The molecule has 0 radical (unpaired) electrons. The van der Waals surface area contributed by atoms with Gasteiger partial charge < -0.3 is 4.42 Å². The Hall–Kier alpha value is -2.46. The Morgan fingerprint density at radius 3 is 2.23 bits per heavy atom. The summed E-state index contributed by atoms with van der Waals surface area (Å²) in [6, 6.07) is 17.6. The van der Waals surface area contributed by atoms with Crippen molar-refractivity contribution in [1.82, 2.24) is 15.1 Å². The number of nitrogens with zero attached hydrogens (tertiary/aromatic N) is 3. The smallest absolute Gasteiger partial charge is 0.248 e. The van der Waals surface area contributed by atoms with E-state index in [0.29, 0.717) is 17.8 Å². The Kier molecular flexibility index (Phi) is 4.85. The van der Waals surface area contributed by atoms with E-state index in [9.17, 15) is 0 Å². The topological polar surface area (TPSA) is 42.2 Å². The predicted octanol–water partition coefficient (Wildman–Crippen LogP) is 5.26. The second-order valence-electron chi connectivity index (χ2n) is 7.07.